The molecule has 0 aromatic rings. The Bertz CT molecular complexity index is 236. The summed E-state index contributed by atoms with van der Waals surface area (Å²) in [7, 11) is 0. The first kappa shape index (κ1) is 7.85. The SMILES string of the molecule is CC(C=CN)=NC1=C(C)CN1. The Hall–Kier alpha value is -1.25. The van der Waals surface area contributed by atoms with Crippen LogP contribution in [0.4, 0.5) is 0 Å². The lowest BCUT2D eigenvalue weighted by Gasteiger charge is -2.19. The first-order chi connectivity index (χ1) is 5.24. The topological polar surface area (TPSA) is 50.4 Å². The van der Waals surface area contributed by atoms with Crippen LogP contribution < -0.4 is 11.1 Å². The first-order valence-electron chi connectivity index (χ1n) is 3.61. The summed E-state index contributed by atoms with van der Waals surface area (Å²) in [5.41, 5.74) is 7.43. The van der Waals surface area contributed by atoms with Gasteiger partial charge in [-0.05, 0) is 31.7 Å². The number of allylic oxidation sites excluding steroid dienone is 1. The summed E-state index contributed by atoms with van der Waals surface area (Å²) in [5.74, 6) is 0.987. The molecule has 0 aromatic heterocycles. The van der Waals surface area contributed by atoms with Gasteiger partial charge in [-0.15, -0.1) is 0 Å². The second-order valence-corrected chi connectivity index (χ2v) is 2.59. The summed E-state index contributed by atoms with van der Waals surface area (Å²) in [5, 5.41) is 3.10. The number of nitrogens with zero attached hydrogens (tertiary/aromatic N) is 1. The second kappa shape index (κ2) is 3.23. The average molecular weight is 151 g/mol. The van der Waals surface area contributed by atoms with E-state index >= 15 is 0 Å². The van der Waals surface area contributed by atoms with Gasteiger partial charge in [0.1, 0.15) is 5.82 Å². The molecule has 1 heterocycles. The van der Waals surface area contributed by atoms with Crippen molar-refractivity contribution < 1.29 is 0 Å². The summed E-state index contributed by atoms with van der Waals surface area (Å²) in [6.07, 6.45) is 3.27. The predicted molar refractivity (Wildman–Crippen MR) is 47.1 cm³/mol. The minimum absolute atomic E-state index is 0.925. The van der Waals surface area contributed by atoms with E-state index in [1.165, 1.54) is 11.8 Å². The van der Waals surface area contributed by atoms with Crippen LogP contribution in [0.15, 0.2) is 28.7 Å². The summed E-state index contributed by atoms with van der Waals surface area (Å²) in [4.78, 5) is 4.27. The monoisotopic (exact) mass is 151 g/mol. The van der Waals surface area contributed by atoms with Crippen LogP contribution in [0.5, 0.6) is 0 Å². The van der Waals surface area contributed by atoms with Gasteiger partial charge in [-0.1, -0.05) is 0 Å². The zero-order valence-corrected chi connectivity index (χ0v) is 6.89. The molecule has 3 N–H and O–H groups in total. The van der Waals surface area contributed by atoms with Gasteiger partial charge in [0.05, 0.1) is 0 Å². The maximum absolute atomic E-state index is 5.20. The molecule has 1 rings (SSSR count). The Morgan fingerprint density at radius 3 is 2.82 bits per heavy atom. The Balaban J connectivity index is 2.65. The third kappa shape index (κ3) is 1.83. The predicted octanol–water partition coefficient (Wildman–Crippen LogP) is 0.754. The van der Waals surface area contributed by atoms with Crippen LogP contribution in [-0.4, -0.2) is 12.3 Å². The third-order valence-electron chi connectivity index (χ3n) is 1.55. The van der Waals surface area contributed by atoms with Gasteiger partial charge in [-0.2, -0.15) is 0 Å². The second-order valence-electron chi connectivity index (χ2n) is 2.59. The summed E-state index contributed by atoms with van der Waals surface area (Å²) in [6.45, 7) is 4.94. The van der Waals surface area contributed by atoms with Crippen molar-refractivity contribution in [2.24, 2.45) is 10.7 Å². The van der Waals surface area contributed by atoms with E-state index < -0.39 is 0 Å². The average Bonchev–Trinajstić information content (AvgIpc) is 1.98. The van der Waals surface area contributed by atoms with Crippen molar-refractivity contribution >= 4 is 5.71 Å². The highest BCUT2D eigenvalue weighted by molar-refractivity contribution is 5.93. The lowest BCUT2D eigenvalue weighted by atomic mass is 10.2. The molecule has 1 aliphatic heterocycles. The van der Waals surface area contributed by atoms with Gasteiger partial charge in [0.2, 0.25) is 0 Å². The molecule has 0 saturated carbocycles. The van der Waals surface area contributed by atoms with Gasteiger partial charge in [0.15, 0.2) is 0 Å². The van der Waals surface area contributed by atoms with Crippen molar-refractivity contribution in [2.45, 2.75) is 13.8 Å². The molecule has 11 heavy (non-hydrogen) atoms. The molecule has 0 aromatic carbocycles. The minimum atomic E-state index is 0.925. The van der Waals surface area contributed by atoms with E-state index in [4.69, 9.17) is 5.73 Å². The normalized spacial score (nSPS) is 18.5. The van der Waals surface area contributed by atoms with Gasteiger partial charge in [0.25, 0.3) is 0 Å². The van der Waals surface area contributed by atoms with E-state index in [-0.39, 0.29) is 0 Å². The standard InChI is InChI=1S/C8H13N3/c1-6-5-10-8(6)11-7(2)3-4-9/h3-4,10H,5,9H2,1-2H3. The van der Waals surface area contributed by atoms with Gasteiger partial charge in [-0.25, -0.2) is 4.99 Å². The van der Waals surface area contributed by atoms with E-state index in [9.17, 15) is 0 Å². The molecule has 0 radical (unpaired) electrons. The number of hydrogen-bond donors (Lipinski definition) is 2. The van der Waals surface area contributed by atoms with Crippen molar-refractivity contribution in [1.29, 1.82) is 0 Å². The van der Waals surface area contributed by atoms with Crippen LogP contribution in [0.1, 0.15) is 13.8 Å². The molecule has 0 bridgehead atoms. The van der Waals surface area contributed by atoms with E-state index in [0.29, 0.717) is 0 Å². The van der Waals surface area contributed by atoms with Crippen LogP contribution >= 0.6 is 0 Å². The zero-order chi connectivity index (χ0) is 8.27. The molecular weight excluding hydrogens is 138 g/mol. The molecule has 3 nitrogen and oxygen atoms in total. The summed E-state index contributed by atoms with van der Waals surface area (Å²) >= 11 is 0. The van der Waals surface area contributed by atoms with E-state index in [2.05, 4.69) is 17.2 Å². The lowest BCUT2D eigenvalue weighted by molar-refractivity contribution is 0.740. The largest absolute Gasteiger partial charge is 0.405 e. The number of nitrogens with one attached hydrogen (secondary N) is 1. The highest BCUT2D eigenvalue weighted by Crippen LogP contribution is 2.10. The molecule has 0 spiro atoms. The molecule has 3 heteroatoms. The van der Waals surface area contributed by atoms with Crippen molar-refractivity contribution in [3.05, 3.63) is 23.7 Å². The fourth-order valence-corrected chi connectivity index (χ4v) is 0.832. The van der Waals surface area contributed by atoms with Crippen molar-refractivity contribution in [3.8, 4) is 0 Å². The van der Waals surface area contributed by atoms with E-state index in [1.807, 2.05) is 6.92 Å². The Kier molecular flexibility index (Phi) is 2.31. The molecule has 0 amide bonds. The highest BCUT2D eigenvalue weighted by Gasteiger charge is 2.09. The van der Waals surface area contributed by atoms with Crippen LogP contribution in [0, 0.1) is 0 Å². The van der Waals surface area contributed by atoms with Crippen LogP contribution in [0.25, 0.3) is 0 Å². The Morgan fingerprint density at radius 2 is 2.45 bits per heavy atom. The van der Waals surface area contributed by atoms with Gasteiger partial charge < -0.3 is 11.1 Å². The van der Waals surface area contributed by atoms with Crippen molar-refractivity contribution in [3.63, 3.8) is 0 Å². The fraction of sp³-hybridized carbons (Fsp3) is 0.375. The first-order valence-corrected chi connectivity index (χ1v) is 3.61. The minimum Gasteiger partial charge on any atom is -0.405 e. The van der Waals surface area contributed by atoms with Crippen LogP contribution in [0.2, 0.25) is 0 Å². The van der Waals surface area contributed by atoms with Gasteiger partial charge in [0, 0.05) is 12.3 Å². The summed E-state index contributed by atoms with van der Waals surface area (Å²) in [6, 6.07) is 0. The molecule has 60 valence electrons. The molecule has 0 saturated heterocycles. The molecule has 0 atom stereocenters. The van der Waals surface area contributed by atoms with Crippen LogP contribution in [-0.2, 0) is 0 Å². The fourth-order valence-electron chi connectivity index (χ4n) is 0.832. The third-order valence-corrected chi connectivity index (χ3v) is 1.55. The number of aliphatic imine (C=N–C) groups is 1. The Labute approximate surface area is 66.7 Å². The van der Waals surface area contributed by atoms with Gasteiger partial charge in [-0.3, -0.25) is 0 Å². The smallest absolute Gasteiger partial charge is 0.127 e. The van der Waals surface area contributed by atoms with E-state index in [0.717, 1.165) is 18.1 Å². The molecule has 0 unspecified atom stereocenters. The quantitative estimate of drug-likeness (QED) is 0.572. The van der Waals surface area contributed by atoms with Gasteiger partial charge >= 0.3 is 0 Å². The molecule has 0 aliphatic carbocycles. The number of nitrogens with two attached hydrogens (primary N) is 1. The molecule has 1 aliphatic rings. The summed E-state index contributed by atoms with van der Waals surface area (Å²) < 4.78 is 0. The number of rotatable bonds is 2. The number of hydrogen-bond acceptors (Lipinski definition) is 3. The molecule has 0 fully saturated rings. The molecular formula is C8H13N3. The Morgan fingerprint density at radius 1 is 1.73 bits per heavy atom. The maximum Gasteiger partial charge on any atom is 0.127 e. The van der Waals surface area contributed by atoms with Crippen molar-refractivity contribution in [1.82, 2.24) is 5.32 Å². The van der Waals surface area contributed by atoms with Crippen molar-refractivity contribution in [2.75, 3.05) is 6.54 Å². The van der Waals surface area contributed by atoms with E-state index in [1.54, 1.807) is 6.08 Å². The maximum atomic E-state index is 5.20. The lowest BCUT2D eigenvalue weighted by Crippen LogP contribution is -2.27. The van der Waals surface area contributed by atoms with Crippen LogP contribution in [0.3, 0.4) is 0 Å². The highest BCUT2D eigenvalue weighted by atomic mass is 15.1. The zero-order valence-electron chi connectivity index (χ0n) is 6.89.